The molecule has 3 nitrogen and oxygen atoms in total. The van der Waals surface area contributed by atoms with Gasteiger partial charge in [-0.1, -0.05) is 13.0 Å². The molecule has 1 aromatic rings. The Hall–Kier alpha value is -0.740. The van der Waals surface area contributed by atoms with Gasteiger partial charge in [-0.15, -0.1) is 0 Å². The summed E-state index contributed by atoms with van der Waals surface area (Å²) < 4.78 is 0. The average Bonchev–Trinajstić information content (AvgIpc) is 2.33. The molecule has 0 aliphatic heterocycles. The van der Waals surface area contributed by atoms with Gasteiger partial charge in [-0.05, 0) is 32.1 Å². The van der Waals surface area contributed by atoms with E-state index >= 15 is 0 Å². The van der Waals surface area contributed by atoms with Crippen LogP contribution in [0.5, 0.6) is 0 Å². The molecule has 0 bridgehead atoms. The van der Waals surface area contributed by atoms with Crippen molar-refractivity contribution >= 4 is 17.6 Å². The number of anilines is 1. The minimum absolute atomic E-state index is 0.980. The normalized spacial score (nSPS) is 10.8. The van der Waals surface area contributed by atoms with Crippen molar-refractivity contribution in [3.8, 4) is 0 Å². The second-order valence-electron chi connectivity index (χ2n) is 4.33. The van der Waals surface area contributed by atoms with E-state index in [4.69, 9.17) is 0 Å². The highest BCUT2D eigenvalue weighted by atomic mass is 32.2. The predicted molar refractivity (Wildman–Crippen MR) is 77.7 cm³/mol. The first-order chi connectivity index (χ1) is 8.22. The van der Waals surface area contributed by atoms with E-state index in [-0.39, 0.29) is 0 Å². The standard InChI is InChI=1S/C13H23N3S/c1-4-7-14-13-6-5-12(10-15-13)11-17-9-8-16(2)3/h5-6,10H,4,7-9,11H2,1-3H3,(H,14,15). The van der Waals surface area contributed by atoms with Crippen LogP contribution in [0, 0.1) is 0 Å². The van der Waals surface area contributed by atoms with Crippen LogP contribution in [0.3, 0.4) is 0 Å². The highest BCUT2D eigenvalue weighted by Crippen LogP contribution is 2.13. The molecule has 17 heavy (non-hydrogen) atoms. The Morgan fingerprint density at radius 1 is 1.35 bits per heavy atom. The Morgan fingerprint density at radius 3 is 2.76 bits per heavy atom. The number of aromatic nitrogens is 1. The van der Waals surface area contributed by atoms with Crippen LogP contribution in [0.1, 0.15) is 18.9 Å². The van der Waals surface area contributed by atoms with Gasteiger partial charge in [0.15, 0.2) is 0 Å². The summed E-state index contributed by atoms with van der Waals surface area (Å²) >= 11 is 1.96. The minimum Gasteiger partial charge on any atom is -0.370 e. The molecule has 0 unspecified atom stereocenters. The second kappa shape index (κ2) is 8.37. The van der Waals surface area contributed by atoms with Gasteiger partial charge < -0.3 is 10.2 Å². The molecule has 1 aromatic heterocycles. The van der Waals surface area contributed by atoms with E-state index in [0.717, 1.165) is 31.1 Å². The maximum absolute atomic E-state index is 4.40. The Bertz CT molecular complexity index is 298. The Labute approximate surface area is 109 Å². The van der Waals surface area contributed by atoms with E-state index in [0.29, 0.717) is 0 Å². The van der Waals surface area contributed by atoms with Crippen LogP contribution >= 0.6 is 11.8 Å². The summed E-state index contributed by atoms with van der Waals surface area (Å²) in [6, 6.07) is 4.23. The molecule has 1 heterocycles. The maximum atomic E-state index is 4.40. The third-order valence-corrected chi connectivity index (χ3v) is 3.34. The van der Waals surface area contributed by atoms with Crippen molar-refractivity contribution in [3.63, 3.8) is 0 Å². The van der Waals surface area contributed by atoms with E-state index in [1.54, 1.807) is 0 Å². The first-order valence-electron chi connectivity index (χ1n) is 6.13. The van der Waals surface area contributed by atoms with Crippen LogP contribution in [0.25, 0.3) is 0 Å². The number of nitrogens with one attached hydrogen (secondary N) is 1. The molecule has 0 aliphatic rings. The molecule has 0 radical (unpaired) electrons. The third kappa shape index (κ3) is 6.54. The van der Waals surface area contributed by atoms with Gasteiger partial charge in [-0.25, -0.2) is 4.98 Å². The zero-order valence-corrected chi connectivity index (χ0v) is 11.9. The van der Waals surface area contributed by atoms with Gasteiger partial charge in [0.1, 0.15) is 5.82 Å². The van der Waals surface area contributed by atoms with Crippen LogP contribution in [-0.2, 0) is 5.75 Å². The molecule has 96 valence electrons. The van der Waals surface area contributed by atoms with Crippen LogP contribution < -0.4 is 5.32 Å². The van der Waals surface area contributed by atoms with Crippen LogP contribution in [0.15, 0.2) is 18.3 Å². The van der Waals surface area contributed by atoms with Gasteiger partial charge in [-0.3, -0.25) is 0 Å². The number of hydrogen-bond acceptors (Lipinski definition) is 4. The van der Waals surface area contributed by atoms with Gasteiger partial charge in [0, 0.05) is 30.8 Å². The second-order valence-corrected chi connectivity index (χ2v) is 5.44. The number of pyridine rings is 1. The fourth-order valence-electron chi connectivity index (χ4n) is 1.30. The van der Waals surface area contributed by atoms with E-state index < -0.39 is 0 Å². The van der Waals surface area contributed by atoms with Crippen molar-refractivity contribution in [2.24, 2.45) is 0 Å². The number of nitrogens with zero attached hydrogens (tertiary/aromatic N) is 2. The lowest BCUT2D eigenvalue weighted by molar-refractivity contribution is 0.437. The van der Waals surface area contributed by atoms with E-state index in [9.17, 15) is 0 Å². The average molecular weight is 253 g/mol. The first-order valence-corrected chi connectivity index (χ1v) is 7.29. The summed E-state index contributed by atoms with van der Waals surface area (Å²) in [5, 5.41) is 3.28. The highest BCUT2D eigenvalue weighted by molar-refractivity contribution is 7.98. The molecule has 0 amide bonds. The zero-order chi connectivity index (χ0) is 12.5. The monoisotopic (exact) mass is 253 g/mol. The summed E-state index contributed by atoms with van der Waals surface area (Å²) in [7, 11) is 4.21. The van der Waals surface area contributed by atoms with Crippen molar-refractivity contribution in [3.05, 3.63) is 23.9 Å². The van der Waals surface area contributed by atoms with Gasteiger partial charge in [0.2, 0.25) is 0 Å². The lowest BCUT2D eigenvalue weighted by Gasteiger charge is -2.09. The van der Waals surface area contributed by atoms with E-state index in [1.807, 2.05) is 18.0 Å². The number of thioether (sulfide) groups is 1. The quantitative estimate of drug-likeness (QED) is 0.721. The maximum Gasteiger partial charge on any atom is 0.125 e. The molecular weight excluding hydrogens is 230 g/mol. The predicted octanol–water partition coefficient (Wildman–Crippen LogP) is 2.70. The number of hydrogen-bond donors (Lipinski definition) is 1. The van der Waals surface area contributed by atoms with Crippen LogP contribution in [0.2, 0.25) is 0 Å². The molecule has 0 aliphatic carbocycles. The van der Waals surface area contributed by atoms with Gasteiger partial charge in [-0.2, -0.15) is 11.8 Å². The third-order valence-electron chi connectivity index (χ3n) is 2.33. The topological polar surface area (TPSA) is 28.2 Å². The molecule has 0 saturated carbocycles. The molecule has 0 spiro atoms. The molecule has 0 aromatic carbocycles. The van der Waals surface area contributed by atoms with E-state index in [1.165, 1.54) is 11.3 Å². The minimum atomic E-state index is 0.980. The van der Waals surface area contributed by atoms with Crippen molar-refractivity contribution in [2.75, 3.05) is 38.3 Å². The van der Waals surface area contributed by atoms with E-state index in [2.05, 4.69) is 48.4 Å². The molecule has 0 saturated heterocycles. The van der Waals surface area contributed by atoms with Crippen molar-refractivity contribution < 1.29 is 0 Å². The summed E-state index contributed by atoms with van der Waals surface area (Å²) in [6.45, 7) is 4.28. The molecule has 1 N–H and O–H groups in total. The molecule has 1 rings (SSSR count). The Balaban J connectivity index is 2.25. The fourth-order valence-corrected chi connectivity index (χ4v) is 2.35. The summed E-state index contributed by atoms with van der Waals surface area (Å²) in [5.74, 6) is 3.20. The summed E-state index contributed by atoms with van der Waals surface area (Å²) in [4.78, 5) is 6.61. The van der Waals surface area contributed by atoms with Crippen molar-refractivity contribution in [2.45, 2.75) is 19.1 Å². The Kier molecular flexibility index (Phi) is 7.05. The van der Waals surface area contributed by atoms with Crippen LogP contribution in [0.4, 0.5) is 5.82 Å². The molecule has 4 heteroatoms. The summed E-state index contributed by atoms with van der Waals surface area (Å²) in [6.07, 6.45) is 3.10. The van der Waals surface area contributed by atoms with Crippen molar-refractivity contribution in [1.82, 2.24) is 9.88 Å². The largest absolute Gasteiger partial charge is 0.370 e. The van der Waals surface area contributed by atoms with Gasteiger partial charge in [0.05, 0.1) is 0 Å². The lowest BCUT2D eigenvalue weighted by Crippen LogP contribution is -2.14. The van der Waals surface area contributed by atoms with Gasteiger partial charge >= 0.3 is 0 Å². The first kappa shape index (κ1) is 14.3. The summed E-state index contributed by atoms with van der Waals surface area (Å²) in [5.41, 5.74) is 1.30. The molecular formula is C13H23N3S. The molecule has 0 atom stereocenters. The Morgan fingerprint density at radius 2 is 2.18 bits per heavy atom. The fraction of sp³-hybridized carbons (Fsp3) is 0.615. The number of rotatable bonds is 8. The van der Waals surface area contributed by atoms with Gasteiger partial charge in [0.25, 0.3) is 0 Å². The van der Waals surface area contributed by atoms with Crippen molar-refractivity contribution in [1.29, 1.82) is 0 Å². The zero-order valence-electron chi connectivity index (χ0n) is 11.1. The SMILES string of the molecule is CCCNc1ccc(CSCCN(C)C)cn1. The molecule has 0 fully saturated rings. The lowest BCUT2D eigenvalue weighted by atomic mass is 10.3. The van der Waals surface area contributed by atoms with Crippen LogP contribution in [-0.4, -0.2) is 42.8 Å². The highest BCUT2D eigenvalue weighted by Gasteiger charge is 1.97. The smallest absolute Gasteiger partial charge is 0.125 e.